The van der Waals surface area contributed by atoms with Gasteiger partial charge in [0.1, 0.15) is 5.75 Å². The Bertz CT molecular complexity index is 488. The van der Waals surface area contributed by atoms with E-state index >= 15 is 0 Å². The normalized spacial score (nSPS) is 18.8. The topological polar surface area (TPSA) is 64.4 Å². The molecule has 1 aliphatic heterocycles. The molecule has 0 amide bonds. The summed E-state index contributed by atoms with van der Waals surface area (Å²) in [5, 5.41) is 14.3. The van der Waals surface area contributed by atoms with Gasteiger partial charge in [0, 0.05) is 17.7 Å². The monoisotopic (exact) mass is 342 g/mol. The van der Waals surface area contributed by atoms with Crippen LogP contribution in [0.15, 0.2) is 16.6 Å². The first kappa shape index (κ1) is 15.3. The largest absolute Gasteiger partial charge is 0.492 e. The predicted molar refractivity (Wildman–Crippen MR) is 81.3 cm³/mol. The van der Waals surface area contributed by atoms with Crippen molar-refractivity contribution < 1.29 is 9.66 Å². The van der Waals surface area contributed by atoms with E-state index in [0.717, 1.165) is 13.0 Å². The van der Waals surface area contributed by atoms with E-state index in [4.69, 9.17) is 4.74 Å². The van der Waals surface area contributed by atoms with Gasteiger partial charge in [-0.3, -0.25) is 10.1 Å². The van der Waals surface area contributed by atoms with Gasteiger partial charge in [-0.15, -0.1) is 0 Å². The Kier molecular flexibility index (Phi) is 5.37. The van der Waals surface area contributed by atoms with Crippen molar-refractivity contribution in [3.05, 3.63) is 32.3 Å². The first-order valence-corrected chi connectivity index (χ1v) is 7.68. The maximum absolute atomic E-state index is 10.8. The number of halogens is 1. The molecule has 0 aliphatic carbocycles. The number of nitro groups is 1. The van der Waals surface area contributed by atoms with Crippen molar-refractivity contribution >= 4 is 21.6 Å². The van der Waals surface area contributed by atoms with E-state index < -0.39 is 0 Å². The Labute approximate surface area is 127 Å². The van der Waals surface area contributed by atoms with Crippen molar-refractivity contribution in [2.45, 2.75) is 38.6 Å². The zero-order valence-corrected chi connectivity index (χ0v) is 13.1. The molecule has 0 spiro atoms. The van der Waals surface area contributed by atoms with Crippen molar-refractivity contribution in [3.8, 4) is 5.75 Å². The van der Waals surface area contributed by atoms with Crippen LogP contribution < -0.4 is 10.1 Å². The quantitative estimate of drug-likeness (QED) is 0.656. The summed E-state index contributed by atoms with van der Waals surface area (Å²) < 4.78 is 6.38. The molecule has 20 heavy (non-hydrogen) atoms. The summed E-state index contributed by atoms with van der Waals surface area (Å²) in [4.78, 5) is 10.5. The summed E-state index contributed by atoms with van der Waals surface area (Å²) in [5.41, 5.74) is 0.724. The van der Waals surface area contributed by atoms with Gasteiger partial charge in [0.25, 0.3) is 5.69 Å². The SMILES string of the molecule is Cc1cc(OCCC2CCCCN2)c(Br)cc1[N+](=O)[O-]. The Morgan fingerprint density at radius 3 is 2.95 bits per heavy atom. The number of rotatable bonds is 5. The number of nitro benzene ring substituents is 1. The van der Waals surface area contributed by atoms with E-state index in [-0.39, 0.29) is 10.6 Å². The van der Waals surface area contributed by atoms with Crippen LogP contribution in [0.2, 0.25) is 0 Å². The molecule has 1 fully saturated rings. The number of hydrogen-bond donors (Lipinski definition) is 1. The number of benzene rings is 1. The summed E-state index contributed by atoms with van der Waals surface area (Å²) in [6, 6.07) is 3.75. The molecule has 0 bridgehead atoms. The molecular weight excluding hydrogens is 324 g/mol. The van der Waals surface area contributed by atoms with Gasteiger partial charge in [-0.2, -0.15) is 0 Å². The summed E-state index contributed by atoms with van der Waals surface area (Å²) >= 11 is 3.33. The second-order valence-corrected chi connectivity index (χ2v) is 5.96. The van der Waals surface area contributed by atoms with E-state index in [0.29, 0.717) is 28.4 Å². The van der Waals surface area contributed by atoms with Crippen LogP contribution in [0.1, 0.15) is 31.2 Å². The third kappa shape index (κ3) is 3.93. The third-order valence-corrected chi connectivity index (χ3v) is 4.20. The number of hydrogen-bond acceptors (Lipinski definition) is 4. The molecule has 6 heteroatoms. The summed E-state index contributed by atoms with van der Waals surface area (Å²) in [6.45, 7) is 3.43. The van der Waals surface area contributed by atoms with Crippen molar-refractivity contribution in [2.24, 2.45) is 0 Å². The van der Waals surface area contributed by atoms with Gasteiger partial charge in [0.05, 0.1) is 16.0 Å². The van der Waals surface area contributed by atoms with Crippen molar-refractivity contribution in [3.63, 3.8) is 0 Å². The van der Waals surface area contributed by atoms with Gasteiger partial charge in [-0.25, -0.2) is 0 Å². The molecule has 5 nitrogen and oxygen atoms in total. The Balaban J connectivity index is 1.92. The smallest absolute Gasteiger partial charge is 0.273 e. The van der Waals surface area contributed by atoms with Crippen LogP contribution in [-0.2, 0) is 0 Å². The van der Waals surface area contributed by atoms with Crippen LogP contribution in [-0.4, -0.2) is 24.1 Å². The van der Waals surface area contributed by atoms with Crippen LogP contribution in [0.25, 0.3) is 0 Å². The minimum Gasteiger partial charge on any atom is -0.492 e. The maximum atomic E-state index is 10.8. The Morgan fingerprint density at radius 1 is 1.50 bits per heavy atom. The zero-order valence-electron chi connectivity index (χ0n) is 11.5. The Hall–Kier alpha value is -1.14. The van der Waals surface area contributed by atoms with E-state index in [1.807, 2.05) is 0 Å². The highest BCUT2D eigenvalue weighted by molar-refractivity contribution is 9.10. The lowest BCUT2D eigenvalue weighted by Crippen LogP contribution is -2.35. The fourth-order valence-electron chi connectivity index (χ4n) is 2.43. The lowest BCUT2D eigenvalue weighted by molar-refractivity contribution is -0.385. The number of nitrogens with one attached hydrogen (secondary N) is 1. The molecule has 1 heterocycles. The second-order valence-electron chi connectivity index (χ2n) is 5.11. The number of nitrogens with zero attached hydrogens (tertiary/aromatic N) is 1. The van der Waals surface area contributed by atoms with Crippen molar-refractivity contribution in [2.75, 3.05) is 13.2 Å². The number of ether oxygens (including phenoxy) is 1. The average molecular weight is 343 g/mol. The number of piperidine rings is 1. The first-order valence-electron chi connectivity index (χ1n) is 6.88. The van der Waals surface area contributed by atoms with Gasteiger partial charge < -0.3 is 10.1 Å². The van der Waals surface area contributed by atoms with Gasteiger partial charge in [0.15, 0.2) is 0 Å². The lowest BCUT2D eigenvalue weighted by atomic mass is 10.0. The highest BCUT2D eigenvalue weighted by Crippen LogP contribution is 2.32. The second kappa shape index (κ2) is 7.04. The summed E-state index contributed by atoms with van der Waals surface area (Å²) in [6.07, 6.45) is 4.69. The zero-order chi connectivity index (χ0) is 14.5. The molecule has 1 aliphatic rings. The molecule has 0 saturated carbocycles. The van der Waals surface area contributed by atoms with Crippen LogP contribution in [0.4, 0.5) is 5.69 Å². The summed E-state index contributed by atoms with van der Waals surface area (Å²) in [5.74, 6) is 0.670. The molecule has 2 rings (SSSR count). The fourth-order valence-corrected chi connectivity index (χ4v) is 2.88. The molecular formula is C14H19BrN2O3. The molecule has 110 valence electrons. The molecule has 1 aromatic carbocycles. The highest BCUT2D eigenvalue weighted by atomic mass is 79.9. The minimum atomic E-state index is -0.379. The maximum Gasteiger partial charge on any atom is 0.273 e. The van der Waals surface area contributed by atoms with Crippen LogP contribution in [0, 0.1) is 17.0 Å². The molecule has 1 aromatic rings. The first-order chi connectivity index (χ1) is 9.58. The fraction of sp³-hybridized carbons (Fsp3) is 0.571. The van der Waals surface area contributed by atoms with Crippen molar-refractivity contribution in [1.82, 2.24) is 5.32 Å². The van der Waals surface area contributed by atoms with Gasteiger partial charge >= 0.3 is 0 Å². The molecule has 0 radical (unpaired) electrons. The van der Waals surface area contributed by atoms with E-state index in [1.54, 1.807) is 13.0 Å². The van der Waals surface area contributed by atoms with Crippen molar-refractivity contribution in [1.29, 1.82) is 0 Å². The standard InChI is InChI=1S/C14H19BrN2O3/c1-10-8-14(12(15)9-13(10)17(18)19)20-7-5-11-4-2-3-6-16-11/h8-9,11,16H,2-7H2,1H3. The number of aryl methyl sites for hydroxylation is 1. The molecule has 1 atom stereocenters. The van der Waals surface area contributed by atoms with Gasteiger partial charge in [-0.05, 0) is 54.7 Å². The van der Waals surface area contributed by atoms with E-state index in [1.165, 1.54) is 25.3 Å². The molecule has 0 aromatic heterocycles. The van der Waals surface area contributed by atoms with E-state index in [2.05, 4.69) is 21.2 Å². The minimum absolute atomic E-state index is 0.109. The Morgan fingerprint density at radius 2 is 2.30 bits per heavy atom. The van der Waals surface area contributed by atoms with Crippen LogP contribution in [0.5, 0.6) is 5.75 Å². The highest BCUT2D eigenvalue weighted by Gasteiger charge is 2.16. The van der Waals surface area contributed by atoms with Gasteiger partial charge in [-0.1, -0.05) is 6.42 Å². The van der Waals surface area contributed by atoms with Crippen LogP contribution >= 0.6 is 15.9 Å². The lowest BCUT2D eigenvalue weighted by Gasteiger charge is -2.23. The summed E-state index contributed by atoms with van der Waals surface area (Å²) in [7, 11) is 0. The average Bonchev–Trinajstić information content (AvgIpc) is 2.43. The third-order valence-electron chi connectivity index (χ3n) is 3.58. The predicted octanol–water partition coefficient (Wildman–Crippen LogP) is 3.58. The molecule has 1 unspecified atom stereocenters. The molecule has 1 saturated heterocycles. The molecule has 1 N–H and O–H groups in total. The van der Waals surface area contributed by atoms with E-state index in [9.17, 15) is 10.1 Å². The van der Waals surface area contributed by atoms with Crippen LogP contribution in [0.3, 0.4) is 0 Å². The van der Waals surface area contributed by atoms with Gasteiger partial charge in [0.2, 0.25) is 0 Å².